The Hall–Kier alpha value is -1.59. The summed E-state index contributed by atoms with van der Waals surface area (Å²) >= 11 is 5.97. The van der Waals surface area contributed by atoms with Crippen molar-refractivity contribution >= 4 is 29.2 Å². The van der Waals surface area contributed by atoms with Crippen LogP contribution in [0.4, 0.5) is 5.69 Å². The SMILES string of the molecule is CCC(C)CN(C)CC(=O)Nc1cc(C(=O)O)ccc1Cl. The topological polar surface area (TPSA) is 69.6 Å². The van der Waals surface area contributed by atoms with Crippen LogP contribution in [-0.4, -0.2) is 42.0 Å². The minimum Gasteiger partial charge on any atom is -0.478 e. The Morgan fingerprint density at radius 1 is 1.43 bits per heavy atom. The summed E-state index contributed by atoms with van der Waals surface area (Å²) in [4.78, 5) is 24.8. The van der Waals surface area contributed by atoms with E-state index in [-0.39, 0.29) is 18.0 Å². The number of benzene rings is 1. The molecule has 0 saturated heterocycles. The lowest BCUT2D eigenvalue weighted by Crippen LogP contribution is -2.33. The molecule has 6 heteroatoms. The average molecular weight is 313 g/mol. The van der Waals surface area contributed by atoms with Gasteiger partial charge in [0.25, 0.3) is 0 Å². The van der Waals surface area contributed by atoms with Crippen molar-refractivity contribution < 1.29 is 14.7 Å². The number of halogens is 1. The number of aromatic carboxylic acids is 1. The number of carboxylic acids is 1. The normalized spacial score (nSPS) is 12.2. The smallest absolute Gasteiger partial charge is 0.335 e. The van der Waals surface area contributed by atoms with Crippen molar-refractivity contribution in [1.82, 2.24) is 4.90 Å². The molecule has 1 amide bonds. The zero-order chi connectivity index (χ0) is 16.0. The highest BCUT2D eigenvalue weighted by Gasteiger charge is 2.12. The van der Waals surface area contributed by atoms with Gasteiger partial charge in [0, 0.05) is 6.54 Å². The van der Waals surface area contributed by atoms with Crippen molar-refractivity contribution in [2.24, 2.45) is 5.92 Å². The van der Waals surface area contributed by atoms with Gasteiger partial charge in [-0.2, -0.15) is 0 Å². The third-order valence-electron chi connectivity index (χ3n) is 3.22. The van der Waals surface area contributed by atoms with E-state index >= 15 is 0 Å². The Morgan fingerprint density at radius 3 is 2.67 bits per heavy atom. The lowest BCUT2D eigenvalue weighted by atomic mass is 10.1. The Bertz CT molecular complexity index is 520. The Labute approximate surface area is 129 Å². The highest BCUT2D eigenvalue weighted by molar-refractivity contribution is 6.33. The van der Waals surface area contributed by atoms with Crippen LogP contribution in [0.15, 0.2) is 18.2 Å². The molecule has 1 atom stereocenters. The number of hydrogen-bond donors (Lipinski definition) is 2. The van der Waals surface area contributed by atoms with Crippen molar-refractivity contribution in [2.45, 2.75) is 20.3 Å². The number of nitrogens with zero attached hydrogens (tertiary/aromatic N) is 1. The standard InChI is InChI=1S/C15H21ClN2O3/c1-4-10(2)8-18(3)9-14(19)17-13-7-11(15(20)21)5-6-12(13)16/h5-7,10H,4,8-9H2,1-3H3,(H,17,19)(H,20,21). The van der Waals surface area contributed by atoms with Crippen molar-refractivity contribution in [1.29, 1.82) is 0 Å². The van der Waals surface area contributed by atoms with Gasteiger partial charge in [-0.1, -0.05) is 31.9 Å². The first-order valence-electron chi connectivity index (χ1n) is 6.84. The maximum absolute atomic E-state index is 12.0. The molecule has 0 aromatic heterocycles. The maximum Gasteiger partial charge on any atom is 0.335 e. The molecule has 0 heterocycles. The van der Waals surface area contributed by atoms with Gasteiger partial charge in [-0.15, -0.1) is 0 Å². The predicted molar refractivity (Wildman–Crippen MR) is 84.0 cm³/mol. The van der Waals surface area contributed by atoms with Crippen LogP contribution in [0, 0.1) is 5.92 Å². The number of carbonyl (C=O) groups is 2. The summed E-state index contributed by atoms with van der Waals surface area (Å²) in [5.74, 6) is -0.761. The molecule has 21 heavy (non-hydrogen) atoms. The van der Waals surface area contributed by atoms with Gasteiger partial charge in [0.05, 0.1) is 22.8 Å². The van der Waals surface area contributed by atoms with E-state index in [0.29, 0.717) is 16.6 Å². The summed E-state index contributed by atoms with van der Waals surface area (Å²) in [5, 5.41) is 11.9. The first-order valence-corrected chi connectivity index (χ1v) is 7.22. The van der Waals surface area contributed by atoms with Gasteiger partial charge >= 0.3 is 5.97 Å². The molecule has 0 spiro atoms. The monoisotopic (exact) mass is 312 g/mol. The number of carboxylic acid groups (broad SMARTS) is 1. The molecule has 2 N–H and O–H groups in total. The third-order valence-corrected chi connectivity index (χ3v) is 3.55. The summed E-state index contributed by atoms with van der Waals surface area (Å²) < 4.78 is 0. The van der Waals surface area contributed by atoms with Crippen molar-refractivity contribution in [2.75, 3.05) is 25.5 Å². The predicted octanol–water partition coefficient (Wildman–Crippen LogP) is 2.95. The van der Waals surface area contributed by atoms with E-state index in [1.54, 1.807) is 0 Å². The zero-order valence-electron chi connectivity index (χ0n) is 12.5. The average Bonchev–Trinajstić information content (AvgIpc) is 2.40. The van der Waals surface area contributed by atoms with E-state index in [1.807, 2.05) is 11.9 Å². The molecule has 0 saturated carbocycles. The second kappa shape index (κ2) is 8.00. The highest BCUT2D eigenvalue weighted by atomic mass is 35.5. The minimum absolute atomic E-state index is 0.0858. The van der Waals surface area contributed by atoms with Crippen LogP contribution in [0.1, 0.15) is 30.6 Å². The lowest BCUT2D eigenvalue weighted by molar-refractivity contribution is -0.117. The number of likely N-dealkylation sites (N-methyl/N-ethyl adjacent to an activating group) is 1. The number of anilines is 1. The number of carbonyl (C=O) groups excluding carboxylic acids is 1. The lowest BCUT2D eigenvalue weighted by Gasteiger charge is -2.20. The van der Waals surface area contributed by atoms with Gasteiger partial charge in [0.15, 0.2) is 0 Å². The second-order valence-corrected chi connectivity index (χ2v) is 5.67. The maximum atomic E-state index is 12.0. The van der Waals surface area contributed by atoms with E-state index in [0.717, 1.165) is 13.0 Å². The molecule has 0 radical (unpaired) electrons. The summed E-state index contributed by atoms with van der Waals surface area (Å²) in [7, 11) is 1.88. The van der Waals surface area contributed by atoms with Crippen molar-refractivity contribution in [3.8, 4) is 0 Å². The summed E-state index contributed by atoms with van der Waals surface area (Å²) in [6, 6.07) is 4.22. The van der Waals surface area contributed by atoms with Crippen LogP contribution < -0.4 is 5.32 Å². The first kappa shape index (κ1) is 17.5. The fourth-order valence-corrected chi connectivity index (χ4v) is 2.08. The third kappa shape index (κ3) is 5.73. The van der Waals surface area contributed by atoms with Gasteiger partial charge in [0.1, 0.15) is 0 Å². The second-order valence-electron chi connectivity index (χ2n) is 5.26. The van der Waals surface area contributed by atoms with Crippen molar-refractivity contribution in [3.63, 3.8) is 0 Å². The van der Waals surface area contributed by atoms with Crippen LogP contribution in [0.5, 0.6) is 0 Å². The van der Waals surface area contributed by atoms with Crippen LogP contribution in [0.2, 0.25) is 5.02 Å². The van der Waals surface area contributed by atoms with Gasteiger partial charge in [-0.05, 0) is 31.2 Å². The Kier molecular flexibility index (Phi) is 6.65. The minimum atomic E-state index is -1.06. The first-order chi connectivity index (χ1) is 9.83. The highest BCUT2D eigenvalue weighted by Crippen LogP contribution is 2.23. The number of hydrogen-bond acceptors (Lipinski definition) is 3. The molecule has 0 aliphatic heterocycles. The van der Waals surface area contributed by atoms with E-state index in [4.69, 9.17) is 16.7 Å². The number of nitrogens with one attached hydrogen (secondary N) is 1. The van der Waals surface area contributed by atoms with E-state index in [1.165, 1.54) is 18.2 Å². The molecule has 0 fully saturated rings. The molecule has 1 unspecified atom stereocenters. The number of rotatable bonds is 7. The molecular weight excluding hydrogens is 292 g/mol. The number of amides is 1. The fraction of sp³-hybridized carbons (Fsp3) is 0.467. The van der Waals surface area contributed by atoms with Gasteiger partial charge in [-0.25, -0.2) is 4.79 Å². The molecule has 1 aromatic rings. The molecule has 116 valence electrons. The van der Waals surface area contributed by atoms with Crippen LogP contribution in [-0.2, 0) is 4.79 Å². The Morgan fingerprint density at radius 2 is 2.10 bits per heavy atom. The van der Waals surface area contributed by atoms with Crippen LogP contribution in [0.3, 0.4) is 0 Å². The molecule has 1 aromatic carbocycles. The van der Waals surface area contributed by atoms with Crippen LogP contribution >= 0.6 is 11.6 Å². The molecule has 0 aliphatic carbocycles. The zero-order valence-corrected chi connectivity index (χ0v) is 13.3. The summed E-state index contributed by atoms with van der Waals surface area (Å²) in [5.41, 5.74) is 0.404. The largest absolute Gasteiger partial charge is 0.478 e. The van der Waals surface area contributed by atoms with Gasteiger partial charge in [0.2, 0.25) is 5.91 Å². The molecular formula is C15H21ClN2O3. The molecule has 0 bridgehead atoms. The Balaban J connectivity index is 2.66. The van der Waals surface area contributed by atoms with Gasteiger partial charge in [-0.3, -0.25) is 9.69 Å². The summed E-state index contributed by atoms with van der Waals surface area (Å²) in [6.07, 6.45) is 1.05. The molecule has 5 nitrogen and oxygen atoms in total. The quantitative estimate of drug-likeness (QED) is 0.812. The van der Waals surface area contributed by atoms with Crippen LogP contribution in [0.25, 0.3) is 0 Å². The van der Waals surface area contributed by atoms with E-state index in [9.17, 15) is 9.59 Å². The van der Waals surface area contributed by atoms with E-state index in [2.05, 4.69) is 19.2 Å². The fourth-order valence-electron chi connectivity index (χ4n) is 1.91. The van der Waals surface area contributed by atoms with E-state index < -0.39 is 5.97 Å². The van der Waals surface area contributed by atoms with Gasteiger partial charge < -0.3 is 10.4 Å². The summed E-state index contributed by atoms with van der Waals surface area (Å²) in [6.45, 7) is 5.29. The van der Waals surface area contributed by atoms with Crippen molar-refractivity contribution in [3.05, 3.63) is 28.8 Å². The molecule has 1 rings (SSSR count). The molecule has 0 aliphatic rings.